The maximum absolute atomic E-state index is 12.0. The van der Waals surface area contributed by atoms with E-state index in [-0.39, 0.29) is 5.78 Å². The van der Waals surface area contributed by atoms with Gasteiger partial charge in [0, 0.05) is 0 Å². The van der Waals surface area contributed by atoms with Gasteiger partial charge in [-0.15, -0.1) is 0 Å². The SMILES string of the molecule is NC1(C(=O)c2occc2Br)CCCC1. The highest BCUT2D eigenvalue weighted by Gasteiger charge is 2.39. The summed E-state index contributed by atoms with van der Waals surface area (Å²) in [4.78, 5) is 12.0. The third-order valence-corrected chi connectivity index (χ3v) is 3.40. The summed E-state index contributed by atoms with van der Waals surface area (Å²) >= 11 is 3.27. The lowest BCUT2D eigenvalue weighted by Crippen LogP contribution is -2.45. The van der Waals surface area contributed by atoms with Gasteiger partial charge in [0.25, 0.3) is 0 Å². The quantitative estimate of drug-likeness (QED) is 0.829. The van der Waals surface area contributed by atoms with E-state index in [1.807, 2.05) is 0 Å². The molecule has 1 aliphatic carbocycles. The average molecular weight is 258 g/mol. The summed E-state index contributed by atoms with van der Waals surface area (Å²) in [5, 5.41) is 0. The molecule has 14 heavy (non-hydrogen) atoms. The van der Waals surface area contributed by atoms with Crippen LogP contribution in [0, 0.1) is 0 Å². The van der Waals surface area contributed by atoms with Crippen molar-refractivity contribution in [1.29, 1.82) is 0 Å². The molecule has 0 atom stereocenters. The predicted octanol–water partition coefficient (Wildman–Crippen LogP) is 2.50. The van der Waals surface area contributed by atoms with Crippen LogP contribution in [0.3, 0.4) is 0 Å². The zero-order valence-corrected chi connectivity index (χ0v) is 9.34. The number of nitrogens with two attached hydrogens (primary N) is 1. The van der Waals surface area contributed by atoms with Gasteiger partial charge in [-0.05, 0) is 34.8 Å². The summed E-state index contributed by atoms with van der Waals surface area (Å²) in [5.74, 6) is 0.279. The first kappa shape index (κ1) is 9.93. The zero-order chi connectivity index (χ0) is 10.2. The van der Waals surface area contributed by atoms with E-state index in [4.69, 9.17) is 10.2 Å². The molecular formula is C10H12BrNO2. The smallest absolute Gasteiger partial charge is 0.218 e. The number of Topliss-reactive ketones (excluding diaryl/α,β-unsaturated/α-hetero) is 1. The van der Waals surface area contributed by atoms with Gasteiger partial charge in [-0.3, -0.25) is 4.79 Å². The van der Waals surface area contributed by atoms with Crippen LogP contribution < -0.4 is 5.73 Å². The number of rotatable bonds is 2. The zero-order valence-electron chi connectivity index (χ0n) is 7.75. The second-order valence-corrected chi connectivity index (χ2v) is 4.64. The minimum Gasteiger partial charge on any atom is -0.460 e. The van der Waals surface area contributed by atoms with Crippen LogP contribution in [0.1, 0.15) is 36.2 Å². The molecule has 0 aliphatic heterocycles. The van der Waals surface area contributed by atoms with Crippen molar-refractivity contribution >= 4 is 21.7 Å². The van der Waals surface area contributed by atoms with Crippen LogP contribution in [0.25, 0.3) is 0 Å². The summed E-state index contributed by atoms with van der Waals surface area (Å²) in [6, 6.07) is 1.71. The molecule has 1 saturated carbocycles. The molecule has 1 aromatic heterocycles. The fourth-order valence-corrected chi connectivity index (χ4v) is 2.30. The molecule has 2 N–H and O–H groups in total. The number of ketones is 1. The lowest BCUT2D eigenvalue weighted by molar-refractivity contribution is 0.0862. The largest absolute Gasteiger partial charge is 0.460 e. The van der Waals surface area contributed by atoms with Crippen molar-refractivity contribution < 1.29 is 9.21 Å². The molecule has 4 heteroatoms. The van der Waals surface area contributed by atoms with Crippen molar-refractivity contribution in [2.45, 2.75) is 31.2 Å². The molecule has 0 saturated heterocycles. The number of hydrogen-bond donors (Lipinski definition) is 1. The predicted molar refractivity (Wildman–Crippen MR) is 56.1 cm³/mol. The van der Waals surface area contributed by atoms with E-state index in [2.05, 4.69) is 15.9 Å². The molecule has 2 rings (SSSR count). The average Bonchev–Trinajstić information content (AvgIpc) is 2.74. The van der Waals surface area contributed by atoms with Crippen LogP contribution in [0.5, 0.6) is 0 Å². The first-order valence-electron chi connectivity index (χ1n) is 4.70. The van der Waals surface area contributed by atoms with E-state index in [1.165, 1.54) is 6.26 Å². The van der Waals surface area contributed by atoms with Gasteiger partial charge in [-0.25, -0.2) is 0 Å². The molecule has 1 aromatic rings. The monoisotopic (exact) mass is 257 g/mol. The topological polar surface area (TPSA) is 56.2 Å². The number of hydrogen-bond acceptors (Lipinski definition) is 3. The Hall–Kier alpha value is -0.610. The van der Waals surface area contributed by atoms with Crippen LogP contribution in [0.2, 0.25) is 0 Å². The molecular weight excluding hydrogens is 246 g/mol. The summed E-state index contributed by atoms with van der Waals surface area (Å²) in [5.41, 5.74) is 5.34. The van der Waals surface area contributed by atoms with Gasteiger partial charge in [0.2, 0.25) is 5.78 Å². The van der Waals surface area contributed by atoms with Crippen molar-refractivity contribution in [2.75, 3.05) is 0 Å². The summed E-state index contributed by atoms with van der Waals surface area (Å²) in [6.45, 7) is 0. The van der Waals surface area contributed by atoms with Gasteiger partial charge >= 0.3 is 0 Å². The third-order valence-electron chi connectivity index (χ3n) is 2.77. The molecule has 0 radical (unpaired) electrons. The fourth-order valence-electron chi connectivity index (χ4n) is 1.91. The Bertz CT molecular complexity index is 353. The van der Waals surface area contributed by atoms with Crippen LogP contribution >= 0.6 is 15.9 Å². The van der Waals surface area contributed by atoms with E-state index < -0.39 is 5.54 Å². The van der Waals surface area contributed by atoms with Gasteiger partial charge in [0.15, 0.2) is 5.76 Å². The molecule has 1 aliphatic rings. The number of carbonyl (C=O) groups excluding carboxylic acids is 1. The summed E-state index contributed by atoms with van der Waals surface area (Å²) in [6.07, 6.45) is 5.08. The first-order chi connectivity index (χ1) is 6.63. The van der Waals surface area contributed by atoms with Crippen LogP contribution in [-0.2, 0) is 0 Å². The molecule has 0 aromatic carbocycles. The number of furan rings is 1. The lowest BCUT2D eigenvalue weighted by atomic mass is 9.92. The summed E-state index contributed by atoms with van der Waals surface area (Å²) in [7, 11) is 0. The van der Waals surface area contributed by atoms with Crippen molar-refractivity contribution in [3.05, 3.63) is 22.6 Å². The molecule has 0 amide bonds. The molecule has 3 nitrogen and oxygen atoms in total. The molecule has 1 heterocycles. The second-order valence-electron chi connectivity index (χ2n) is 3.79. The molecule has 0 bridgehead atoms. The van der Waals surface area contributed by atoms with Crippen molar-refractivity contribution in [3.8, 4) is 0 Å². The van der Waals surface area contributed by atoms with Gasteiger partial charge in [-0.2, -0.15) is 0 Å². The van der Waals surface area contributed by atoms with Gasteiger partial charge in [0.1, 0.15) is 0 Å². The second kappa shape index (κ2) is 3.51. The maximum Gasteiger partial charge on any atom is 0.218 e. The van der Waals surface area contributed by atoms with Gasteiger partial charge < -0.3 is 10.2 Å². The lowest BCUT2D eigenvalue weighted by Gasteiger charge is -2.20. The Morgan fingerprint density at radius 3 is 2.64 bits per heavy atom. The minimum atomic E-state index is -0.694. The third kappa shape index (κ3) is 1.53. The Morgan fingerprint density at radius 2 is 2.14 bits per heavy atom. The molecule has 0 spiro atoms. The van der Waals surface area contributed by atoms with Crippen LogP contribution in [-0.4, -0.2) is 11.3 Å². The Labute approximate surface area is 90.8 Å². The normalized spacial score (nSPS) is 19.9. The molecule has 76 valence electrons. The number of carbonyl (C=O) groups is 1. The van der Waals surface area contributed by atoms with Crippen molar-refractivity contribution in [2.24, 2.45) is 5.73 Å². The number of halogens is 1. The standard InChI is InChI=1S/C10H12BrNO2/c11-7-3-6-14-8(7)9(13)10(12)4-1-2-5-10/h3,6H,1-2,4-5,12H2. The van der Waals surface area contributed by atoms with E-state index in [0.717, 1.165) is 25.7 Å². The van der Waals surface area contributed by atoms with Crippen molar-refractivity contribution in [3.63, 3.8) is 0 Å². The fraction of sp³-hybridized carbons (Fsp3) is 0.500. The first-order valence-corrected chi connectivity index (χ1v) is 5.49. The Balaban J connectivity index is 2.28. The van der Waals surface area contributed by atoms with Gasteiger partial charge in [-0.1, -0.05) is 12.8 Å². The summed E-state index contributed by atoms with van der Waals surface area (Å²) < 4.78 is 5.82. The minimum absolute atomic E-state index is 0.0770. The van der Waals surface area contributed by atoms with E-state index in [0.29, 0.717) is 10.2 Å². The van der Waals surface area contributed by atoms with Crippen LogP contribution in [0.15, 0.2) is 21.2 Å². The highest BCUT2D eigenvalue weighted by molar-refractivity contribution is 9.10. The Kier molecular flexibility index (Phi) is 2.49. The van der Waals surface area contributed by atoms with Gasteiger partial charge in [0.05, 0.1) is 16.3 Å². The molecule has 1 fully saturated rings. The van der Waals surface area contributed by atoms with Crippen molar-refractivity contribution in [1.82, 2.24) is 0 Å². The van der Waals surface area contributed by atoms with E-state index in [9.17, 15) is 4.79 Å². The van der Waals surface area contributed by atoms with E-state index >= 15 is 0 Å². The maximum atomic E-state index is 12.0. The highest BCUT2D eigenvalue weighted by Crippen LogP contribution is 2.32. The van der Waals surface area contributed by atoms with E-state index in [1.54, 1.807) is 6.07 Å². The highest BCUT2D eigenvalue weighted by atomic mass is 79.9. The molecule has 0 unspecified atom stereocenters. The Morgan fingerprint density at radius 1 is 1.50 bits per heavy atom. The van der Waals surface area contributed by atoms with Crippen LogP contribution in [0.4, 0.5) is 0 Å².